The van der Waals surface area contributed by atoms with Gasteiger partial charge in [-0.2, -0.15) is 0 Å². The Bertz CT molecular complexity index is 837. The fraction of sp³-hybridized carbons (Fsp3) is 0.333. The molecular weight excluding hydrogens is 378 g/mol. The van der Waals surface area contributed by atoms with Gasteiger partial charge in [-0.25, -0.2) is 4.79 Å². The van der Waals surface area contributed by atoms with E-state index in [9.17, 15) is 9.59 Å². The van der Waals surface area contributed by atoms with Crippen LogP contribution in [0.15, 0.2) is 48.5 Å². The van der Waals surface area contributed by atoms with Gasteiger partial charge in [0.1, 0.15) is 5.75 Å². The third-order valence-corrected chi connectivity index (χ3v) is 5.22. The number of nitrogens with two attached hydrogens (primary N) is 1. The molecule has 7 heteroatoms. The minimum absolute atomic E-state index is 0.0477. The predicted octanol–water partition coefficient (Wildman–Crippen LogP) is 3.72. The number of halogens is 1. The van der Waals surface area contributed by atoms with Crippen LogP contribution in [0.3, 0.4) is 0 Å². The van der Waals surface area contributed by atoms with Crippen molar-refractivity contribution in [1.82, 2.24) is 10.6 Å². The Labute approximate surface area is 169 Å². The Hall–Kier alpha value is -2.73. The summed E-state index contributed by atoms with van der Waals surface area (Å²) in [7, 11) is 1.62. The van der Waals surface area contributed by atoms with E-state index in [0.717, 1.165) is 24.2 Å². The molecule has 1 aliphatic rings. The topological polar surface area (TPSA) is 93.4 Å². The predicted molar refractivity (Wildman–Crippen MR) is 108 cm³/mol. The van der Waals surface area contributed by atoms with Crippen LogP contribution in [-0.2, 0) is 4.79 Å². The Morgan fingerprint density at radius 1 is 1.14 bits per heavy atom. The average molecular weight is 402 g/mol. The molecule has 0 bridgehead atoms. The smallest absolute Gasteiger partial charge is 0.312 e. The zero-order valence-corrected chi connectivity index (χ0v) is 16.4. The van der Waals surface area contributed by atoms with Crippen molar-refractivity contribution in [3.05, 3.63) is 64.7 Å². The Balaban J connectivity index is 1.73. The maximum absolute atomic E-state index is 12.8. The number of nitrogens with one attached hydrogen (secondary N) is 2. The fourth-order valence-corrected chi connectivity index (χ4v) is 3.57. The lowest BCUT2D eigenvalue weighted by molar-refractivity contribution is -0.122. The molecule has 6 nitrogen and oxygen atoms in total. The quantitative estimate of drug-likeness (QED) is 0.629. The van der Waals surface area contributed by atoms with Crippen LogP contribution in [0.5, 0.6) is 5.75 Å². The molecule has 2 atom stereocenters. The summed E-state index contributed by atoms with van der Waals surface area (Å²) in [6.45, 7) is 0. The fourth-order valence-electron chi connectivity index (χ4n) is 3.30. The Kier molecular flexibility index (Phi) is 6.41. The molecule has 1 fully saturated rings. The minimum atomic E-state index is -0.702. The first-order valence-electron chi connectivity index (χ1n) is 9.21. The number of carbonyl (C=O) groups is 2. The van der Waals surface area contributed by atoms with E-state index in [1.165, 1.54) is 0 Å². The van der Waals surface area contributed by atoms with Gasteiger partial charge >= 0.3 is 6.03 Å². The average Bonchev–Trinajstić information content (AvgIpc) is 3.51. The molecular formula is C21H24ClN3O3. The molecule has 0 aromatic heterocycles. The summed E-state index contributed by atoms with van der Waals surface area (Å²) in [6, 6.07) is 13.4. The van der Waals surface area contributed by atoms with Crippen LogP contribution in [-0.4, -0.2) is 19.0 Å². The van der Waals surface area contributed by atoms with E-state index < -0.39 is 12.1 Å². The zero-order valence-electron chi connectivity index (χ0n) is 15.7. The summed E-state index contributed by atoms with van der Waals surface area (Å²) < 4.78 is 5.20. The number of urea groups is 1. The number of amides is 3. The molecule has 28 heavy (non-hydrogen) atoms. The molecule has 0 unspecified atom stereocenters. The van der Waals surface area contributed by atoms with Gasteiger partial charge in [-0.3, -0.25) is 4.79 Å². The highest BCUT2D eigenvalue weighted by atomic mass is 35.5. The molecule has 3 amide bonds. The van der Waals surface area contributed by atoms with Gasteiger partial charge in [0.05, 0.1) is 25.6 Å². The second-order valence-electron chi connectivity index (χ2n) is 6.94. The number of hydrogen-bond acceptors (Lipinski definition) is 3. The van der Waals surface area contributed by atoms with Crippen LogP contribution in [0.2, 0.25) is 5.02 Å². The second-order valence-corrected chi connectivity index (χ2v) is 7.35. The molecule has 2 aromatic carbocycles. The second kappa shape index (κ2) is 8.97. The van der Waals surface area contributed by atoms with Crippen LogP contribution >= 0.6 is 11.6 Å². The van der Waals surface area contributed by atoms with Crippen molar-refractivity contribution in [3.8, 4) is 5.75 Å². The van der Waals surface area contributed by atoms with E-state index in [1.807, 2.05) is 24.3 Å². The Morgan fingerprint density at radius 3 is 2.39 bits per heavy atom. The van der Waals surface area contributed by atoms with Gasteiger partial charge in [0, 0.05) is 5.02 Å². The normalized spacial score (nSPS) is 15.4. The summed E-state index contributed by atoms with van der Waals surface area (Å²) in [5.41, 5.74) is 6.99. The van der Waals surface area contributed by atoms with Crippen LogP contribution in [0, 0.1) is 5.92 Å². The third-order valence-electron chi connectivity index (χ3n) is 4.87. The molecule has 4 N–H and O–H groups in total. The SMILES string of the molecule is COc1ccc([C@@H](NC(=O)C[C@H](NC(N)=O)c2ccccc2Cl)C2CC2)cc1. The highest BCUT2D eigenvalue weighted by Crippen LogP contribution is 2.41. The number of rotatable bonds is 8. The van der Waals surface area contributed by atoms with E-state index in [4.69, 9.17) is 22.1 Å². The van der Waals surface area contributed by atoms with Gasteiger partial charge in [-0.1, -0.05) is 41.9 Å². The van der Waals surface area contributed by atoms with E-state index in [1.54, 1.807) is 31.4 Å². The van der Waals surface area contributed by atoms with E-state index in [0.29, 0.717) is 16.5 Å². The number of ether oxygens (including phenoxy) is 1. The van der Waals surface area contributed by atoms with Crippen LogP contribution in [0.1, 0.15) is 42.5 Å². The molecule has 1 aliphatic carbocycles. The highest BCUT2D eigenvalue weighted by Gasteiger charge is 2.34. The molecule has 1 saturated carbocycles. The van der Waals surface area contributed by atoms with Crippen molar-refractivity contribution < 1.29 is 14.3 Å². The zero-order chi connectivity index (χ0) is 20.1. The van der Waals surface area contributed by atoms with Gasteiger partial charge in [-0.15, -0.1) is 0 Å². The highest BCUT2D eigenvalue weighted by molar-refractivity contribution is 6.31. The Morgan fingerprint density at radius 2 is 1.82 bits per heavy atom. The maximum atomic E-state index is 12.8. The van der Waals surface area contributed by atoms with Gasteiger partial charge < -0.3 is 21.1 Å². The van der Waals surface area contributed by atoms with E-state index in [2.05, 4.69) is 10.6 Å². The monoisotopic (exact) mass is 401 g/mol. The molecule has 0 saturated heterocycles. The molecule has 2 aromatic rings. The van der Waals surface area contributed by atoms with Crippen molar-refractivity contribution in [3.63, 3.8) is 0 Å². The summed E-state index contributed by atoms with van der Waals surface area (Å²) >= 11 is 6.24. The number of benzene rings is 2. The minimum Gasteiger partial charge on any atom is -0.497 e. The largest absolute Gasteiger partial charge is 0.497 e. The number of methoxy groups -OCH3 is 1. The third kappa shape index (κ3) is 5.16. The summed E-state index contributed by atoms with van der Waals surface area (Å²) in [4.78, 5) is 24.2. The summed E-state index contributed by atoms with van der Waals surface area (Å²) in [5, 5.41) is 6.20. The van der Waals surface area contributed by atoms with Crippen molar-refractivity contribution in [2.45, 2.75) is 31.3 Å². The number of primary amides is 1. The first-order valence-corrected chi connectivity index (χ1v) is 9.59. The van der Waals surface area contributed by atoms with Crippen molar-refractivity contribution in [2.75, 3.05) is 7.11 Å². The standard InChI is InChI=1S/C21H24ClN3O3/c1-28-15-10-8-14(9-11-15)20(13-6-7-13)25-19(26)12-18(24-21(23)27)16-4-2-3-5-17(16)22/h2-5,8-11,13,18,20H,6-7,12H2,1H3,(H,25,26)(H3,23,24,27)/t18-,20-/m0/s1. The van der Waals surface area contributed by atoms with Crippen LogP contribution < -0.4 is 21.1 Å². The van der Waals surface area contributed by atoms with E-state index >= 15 is 0 Å². The molecule has 0 radical (unpaired) electrons. The van der Waals surface area contributed by atoms with Gasteiger partial charge in [0.2, 0.25) is 5.91 Å². The number of hydrogen-bond donors (Lipinski definition) is 3. The summed E-state index contributed by atoms with van der Waals surface area (Å²) in [6.07, 6.45) is 2.20. The first-order chi connectivity index (χ1) is 13.5. The van der Waals surface area contributed by atoms with Crippen molar-refractivity contribution in [1.29, 1.82) is 0 Å². The van der Waals surface area contributed by atoms with Gasteiger partial charge in [0.15, 0.2) is 0 Å². The van der Waals surface area contributed by atoms with Crippen LogP contribution in [0.4, 0.5) is 4.79 Å². The van der Waals surface area contributed by atoms with Gasteiger partial charge in [0.25, 0.3) is 0 Å². The molecule has 0 aliphatic heterocycles. The molecule has 3 rings (SSSR count). The molecule has 0 heterocycles. The van der Waals surface area contributed by atoms with Crippen molar-refractivity contribution in [2.24, 2.45) is 11.7 Å². The number of carbonyl (C=O) groups excluding carboxylic acids is 2. The lowest BCUT2D eigenvalue weighted by Gasteiger charge is -2.23. The van der Waals surface area contributed by atoms with E-state index in [-0.39, 0.29) is 18.4 Å². The molecule has 0 spiro atoms. The summed E-state index contributed by atoms with van der Waals surface area (Å²) in [5.74, 6) is 1.01. The lowest BCUT2D eigenvalue weighted by atomic mass is 10.00. The first kappa shape index (κ1) is 20.0. The van der Waals surface area contributed by atoms with Crippen molar-refractivity contribution >= 4 is 23.5 Å². The lowest BCUT2D eigenvalue weighted by Crippen LogP contribution is -2.38. The van der Waals surface area contributed by atoms with Crippen LogP contribution in [0.25, 0.3) is 0 Å². The maximum Gasteiger partial charge on any atom is 0.312 e. The molecule has 148 valence electrons. The van der Waals surface area contributed by atoms with Gasteiger partial charge in [-0.05, 0) is 48.1 Å².